The number of piperazine rings is 1. The molecule has 3 fully saturated rings. The second-order valence-electron chi connectivity index (χ2n) is 12.8. The first-order valence-electron chi connectivity index (χ1n) is 15.5. The summed E-state index contributed by atoms with van der Waals surface area (Å²) in [5.41, 5.74) is 0.330. The van der Waals surface area contributed by atoms with Crippen molar-refractivity contribution in [2.45, 2.75) is 63.0 Å². The fraction of sp³-hybridized carbons (Fsp3) is 0.562. The number of halogens is 4. The van der Waals surface area contributed by atoms with E-state index in [0.717, 1.165) is 18.4 Å². The first-order chi connectivity index (χ1) is 21.9. The lowest BCUT2D eigenvalue weighted by Crippen LogP contribution is -2.55. The average Bonchev–Trinajstić information content (AvgIpc) is 3.73. The molecule has 1 saturated carbocycles. The molecule has 1 N–H and O–H groups in total. The first-order valence-corrected chi connectivity index (χ1v) is 15.9. The van der Waals surface area contributed by atoms with Crippen molar-refractivity contribution in [1.29, 1.82) is 5.26 Å². The zero-order valence-corrected chi connectivity index (χ0v) is 26.4. The van der Waals surface area contributed by atoms with Gasteiger partial charge in [-0.1, -0.05) is 24.2 Å². The zero-order valence-electron chi connectivity index (χ0n) is 25.6. The molecule has 0 radical (unpaired) electrons. The van der Waals surface area contributed by atoms with Gasteiger partial charge in [0.2, 0.25) is 5.91 Å². The van der Waals surface area contributed by atoms with Crippen LogP contribution in [0.2, 0.25) is 5.02 Å². The van der Waals surface area contributed by atoms with Gasteiger partial charge in [0.25, 0.3) is 0 Å². The quantitative estimate of drug-likeness (QED) is 0.420. The van der Waals surface area contributed by atoms with Crippen molar-refractivity contribution in [2.24, 2.45) is 5.41 Å². The maximum atomic E-state index is 14.1. The minimum absolute atomic E-state index is 0.0151. The molecule has 46 heavy (non-hydrogen) atoms. The Labute approximate surface area is 271 Å². The normalized spacial score (nSPS) is 24.4. The van der Waals surface area contributed by atoms with Crippen LogP contribution in [0.5, 0.6) is 6.01 Å². The van der Waals surface area contributed by atoms with Crippen molar-refractivity contribution in [3.8, 4) is 12.1 Å². The third-order valence-electron chi connectivity index (χ3n) is 9.82. The highest BCUT2D eigenvalue weighted by atomic mass is 35.5. The molecule has 2 unspecified atom stereocenters. The number of ether oxygens (including phenoxy) is 1. The van der Waals surface area contributed by atoms with Crippen molar-refractivity contribution >= 4 is 29.0 Å². The van der Waals surface area contributed by atoms with Crippen LogP contribution in [0.1, 0.15) is 42.5 Å². The molecule has 3 atom stereocenters. The summed E-state index contributed by atoms with van der Waals surface area (Å²) in [6.45, 7) is 6.06. The lowest BCUT2D eigenvalue weighted by Gasteiger charge is -2.42. The number of nitriles is 1. The van der Waals surface area contributed by atoms with E-state index in [4.69, 9.17) is 26.3 Å². The Morgan fingerprint density at radius 2 is 2.02 bits per heavy atom. The van der Waals surface area contributed by atoms with Crippen LogP contribution in [-0.4, -0.2) is 95.3 Å². The van der Waals surface area contributed by atoms with Crippen molar-refractivity contribution in [2.75, 3.05) is 56.2 Å². The van der Waals surface area contributed by atoms with E-state index < -0.39 is 11.7 Å². The number of carbonyl (C=O) groups is 1. The van der Waals surface area contributed by atoms with Gasteiger partial charge in [0.1, 0.15) is 5.82 Å². The number of alkyl halides is 3. The summed E-state index contributed by atoms with van der Waals surface area (Å²) in [6, 6.07) is 6.25. The van der Waals surface area contributed by atoms with Crippen LogP contribution in [0.4, 0.5) is 24.7 Å². The summed E-state index contributed by atoms with van der Waals surface area (Å²) in [7, 11) is 2.00. The fourth-order valence-electron chi connectivity index (χ4n) is 7.34. The molecule has 4 heterocycles. The number of β-amino-alcohol motifs (C(OH)–C–C–N with tert-alkyl or cyclic N) is 1. The number of aliphatic hydroxyl groups is 1. The molecule has 4 aliphatic rings. The van der Waals surface area contributed by atoms with Gasteiger partial charge >= 0.3 is 12.2 Å². The van der Waals surface area contributed by atoms with Crippen LogP contribution >= 0.6 is 11.6 Å². The number of nitrogens with zero attached hydrogens (tertiary/aromatic N) is 7. The number of carbonyl (C=O) groups excluding carboxylic acids is 1. The molecule has 14 heteroatoms. The molecule has 1 aliphatic carbocycles. The summed E-state index contributed by atoms with van der Waals surface area (Å²) < 4.78 is 48.6. The van der Waals surface area contributed by atoms with Gasteiger partial charge in [0.15, 0.2) is 0 Å². The number of aromatic nitrogens is 2. The number of benzene rings is 1. The van der Waals surface area contributed by atoms with Crippen LogP contribution in [-0.2, 0) is 23.9 Å². The largest absolute Gasteiger partial charge is 0.463 e. The third kappa shape index (κ3) is 6.22. The highest BCUT2D eigenvalue weighted by Gasteiger charge is 2.54. The molecule has 2 aromatic rings. The SMILES string of the molecule is C=CC(=O)N1CCN(c2nc(OCC3(C4CC(O)CN4C)CC3)nc3c2CCN(c2cccc(Cl)c2C(F)(F)F)C3)C[C@@H]1CC#N. The smallest absolute Gasteiger partial charge is 0.419 e. The summed E-state index contributed by atoms with van der Waals surface area (Å²) in [5.74, 6) is 0.358. The van der Waals surface area contributed by atoms with E-state index in [-0.39, 0.29) is 65.7 Å². The minimum Gasteiger partial charge on any atom is -0.463 e. The van der Waals surface area contributed by atoms with Crippen molar-refractivity contribution in [3.63, 3.8) is 0 Å². The Morgan fingerprint density at radius 1 is 1.24 bits per heavy atom. The van der Waals surface area contributed by atoms with Gasteiger partial charge < -0.3 is 29.4 Å². The molecule has 2 saturated heterocycles. The molecule has 1 aromatic carbocycles. The maximum Gasteiger partial charge on any atom is 0.419 e. The minimum atomic E-state index is -4.64. The highest BCUT2D eigenvalue weighted by Crippen LogP contribution is 2.53. The Hall–Kier alpha value is -3.60. The Morgan fingerprint density at radius 3 is 2.67 bits per heavy atom. The number of amides is 1. The number of likely N-dealkylation sites (N-methyl/N-ethyl adjacent to an activating group) is 1. The van der Waals surface area contributed by atoms with E-state index in [0.29, 0.717) is 57.1 Å². The highest BCUT2D eigenvalue weighted by molar-refractivity contribution is 6.31. The number of anilines is 2. The number of likely N-dealkylation sites (tertiary alicyclic amines) is 1. The predicted molar refractivity (Wildman–Crippen MR) is 166 cm³/mol. The summed E-state index contributed by atoms with van der Waals surface area (Å²) >= 11 is 6.06. The van der Waals surface area contributed by atoms with Gasteiger partial charge in [0, 0.05) is 49.7 Å². The van der Waals surface area contributed by atoms with E-state index in [1.165, 1.54) is 24.3 Å². The lowest BCUT2D eigenvalue weighted by molar-refractivity contribution is -0.137. The predicted octanol–water partition coefficient (Wildman–Crippen LogP) is 4.05. The van der Waals surface area contributed by atoms with Gasteiger partial charge in [-0.25, -0.2) is 0 Å². The molecule has 0 spiro atoms. The molecule has 0 bridgehead atoms. The Kier molecular flexibility index (Phi) is 8.82. The van der Waals surface area contributed by atoms with Crippen molar-refractivity contribution in [1.82, 2.24) is 19.8 Å². The fourth-order valence-corrected chi connectivity index (χ4v) is 7.62. The standard InChI is InChI=1S/C32H37ClF3N7O3/c1-3-27(45)43-14-13-42(16-20(43)7-11-37)29-22-8-12-41(25-6-4-5-23(33)28(25)32(34,35)36)18-24(22)38-30(39-29)46-19-31(9-10-31)26-15-21(44)17-40(26)2/h3-6,20-21,26,44H,1,7-10,12-19H2,2H3/t20-,21?,26?/m0/s1. The van der Waals surface area contributed by atoms with E-state index in [9.17, 15) is 28.3 Å². The van der Waals surface area contributed by atoms with Gasteiger partial charge in [-0.2, -0.15) is 28.4 Å². The number of rotatable bonds is 8. The average molecular weight is 660 g/mol. The van der Waals surface area contributed by atoms with Gasteiger partial charge in [-0.05, 0) is 50.9 Å². The van der Waals surface area contributed by atoms with Gasteiger partial charge in [0.05, 0.1) is 59.8 Å². The van der Waals surface area contributed by atoms with Crippen LogP contribution in [0, 0.1) is 16.7 Å². The molecule has 10 nitrogen and oxygen atoms in total. The molecule has 3 aliphatic heterocycles. The molecule has 6 rings (SSSR count). The van der Waals surface area contributed by atoms with Crippen LogP contribution < -0.4 is 14.5 Å². The van der Waals surface area contributed by atoms with Gasteiger partial charge in [-0.3, -0.25) is 4.79 Å². The molecular formula is C32H37ClF3N7O3. The van der Waals surface area contributed by atoms with Crippen LogP contribution in [0.25, 0.3) is 0 Å². The molecular weight excluding hydrogens is 623 g/mol. The van der Waals surface area contributed by atoms with Crippen molar-refractivity contribution < 1.29 is 27.8 Å². The molecule has 1 aromatic heterocycles. The van der Waals surface area contributed by atoms with Crippen LogP contribution in [0.15, 0.2) is 30.9 Å². The number of fused-ring (bicyclic) bond motifs is 1. The van der Waals surface area contributed by atoms with Crippen molar-refractivity contribution in [3.05, 3.63) is 52.7 Å². The second-order valence-corrected chi connectivity index (χ2v) is 13.2. The number of hydrogen-bond donors (Lipinski definition) is 1. The summed E-state index contributed by atoms with van der Waals surface area (Å²) in [6.07, 6.45) is -0.721. The zero-order chi connectivity index (χ0) is 32.8. The Bertz CT molecular complexity index is 1550. The monoisotopic (exact) mass is 659 g/mol. The Balaban J connectivity index is 1.33. The maximum absolute atomic E-state index is 14.1. The lowest BCUT2D eigenvalue weighted by atomic mass is 9.95. The van der Waals surface area contributed by atoms with E-state index in [2.05, 4.69) is 17.5 Å². The first kappa shape index (κ1) is 32.3. The van der Waals surface area contributed by atoms with E-state index >= 15 is 0 Å². The molecule has 246 valence electrons. The summed E-state index contributed by atoms with van der Waals surface area (Å²) in [5, 5.41) is 19.4. The van der Waals surface area contributed by atoms with E-state index in [1.54, 1.807) is 9.80 Å². The van der Waals surface area contributed by atoms with E-state index in [1.807, 2.05) is 11.9 Å². The second kappa shape index (κ2) is 12.5. The van der Waals surface area contributed by atoms with Crippen LogP contribution in [0.3, 0.4) is 0 Å². The molecule has 1 amide bonds. The number of aliphatic hydroxyl groups excluding tert-OH is 1. The number of hydrogen-bond acceptors (Lipinski definition) is 9. The topological polar surface area (TPSA) is 109 Å². The summed E-state index contributed by atoms with van der Waals surface area (Å²) in [4.78, 5) is 29.6. The van der Waals surface area contributed by atoms with Gasteiger partial charge in [-0.15, -0.1) is 0 Å². The third-order valence-corrected chi connectivity index (χ3v) is 10.1.